The van der Waals surface area contributed by atoms with Crippen molar-refractivity contribution < 1.29 is 38.0 Å². The maximum atomic E-state index is 11.8. The molecular formula is C21H36N4O8. The normalized spacial score (nSPS) is 10.9. The molecule has 0 fully saturated rings. The number of rotatable bonds is 20. The van der Waals surface area contributed by atoms with Crippen molar-refractivity contribution in [2.45, 2.75) is 6.42 Å². The number of carbonyl (C=O) groups excluding carboxylic acids is 2. The van der Waals surface area contributed by atoms with Gasteiger partial charge in [0.15, 0.2) is 0 Å². The molecule has 12 nitrogen and oxygen atoms in total. The van der Waals surface area contributed by atoms with Crippen molar-refractivity contribution >= 4 is 11.8 Å². The molecule has 0 aliphatic rings. The second-order valence-electron chi connectivity index (χ2n) is 6.67. The molecule has 2 amide bonds. The summed E-state index contributed by atoms with van der Waals surface area (Å²) >= 11 is 0. The standard InChI is InChI=1S/C21H36N4O8/c1-28-4-5-30-8-9-32-12-13-33-11-10-31-7-6-29-3-2-17-14-18(20(26)24-22)16-19(15-17)21(27)25-23/h14-16H,2-13,22-23H2,1H3,(H,24,26)(H,25,27). The van der Waals surface area contributed by atoms with Crippen molar-refractivity contribution in [2.75, 3.05) is 79.8 Å². The van der Waals surface area contributed by atoms with Crippen molar-refractivity contribution in [1.29, 1.82) is 0 Å². The summed E-state index contributed by atoms with van der Waals surface area (Å²) in [6.45, 7) is 5.33. The molecule has 0 atom stereocenters. The van der Waals surface area contributed by atoms with Crippen LogP contribution in [-0.4, -0.2) is 91.6 Å². The molecule has 0 aliphatic heterocycles. The van der Waals surface area contributed by atoms with Crippen LogP contribution in [0, 0.1) is 0 Å². The van der Waals surface area contributed by atoms with Crippen molar-refractivity contribution in [3.05, 3.63) is 34.9 Å². The monoisotopic (exact) mass is 472 g/mol. The maximum Gasteiger partial charge on any atom is 0.265 e. The Morgan fingerprint density at radius 2 is 1.00 bits per heavy atom. The van der Waals surface area contributed by atoms with E-state index in [9.17, 15) is 9.59 Å². The quantitative estimate of drug-likeness (QED) is 0.0814. The van der Waals surface area contributed by atoms with Gasteiger partial charge in [-0.3, -0.25) is 20.4 Å². The maximum absolute atomic E-state index is 11.8. The average molecular weight is 473 g/mol. The molecular weight excluding hydrogens is 436 g/mol. The van der Waals surface area contributed by atoms with E-state index in [1.54, 1.807) is 19.2 Å². The highest BCUT2D eigenvalue weighted by Crippen LogP contribution is 2.12. The lowest BCUT2D eigenvalue weighted by Crippen LogP contribution is -2.32. The zero-order valence-corrected chi connectivity index (χ0v) is 19.1. The number of ether oxygens (including phenoxy) is 6. The summed E-state index contributed by atoms with van der Waals surface area (Å²) in [5.41, 5.74) is 5.35. The predicted molar refractivity (Wildman–Crippen MR) is 119 cm³/mol. The number of hydrazine groups is 2. The van der Waals surface area contributed by atoms with Gasteiger partial charge in [-0.15, -0.1) is 0 Å². The van der Waals surface area contributed by atoms with Crippen molar-refractivity contribution in [3.8, 4) is 0 Å². The van der Waals surface area contributed by atoms with E-state index in [2.05, 4.69) is 0 Å². The molecule has 0 unspecified atom stereocenters. The summed E-state index contributed by atoms with van der Waals surface area (Å²) in [5, 5.41) is 0. The topological polar surface area (TPSA) is 166 Å². The second-order valence-corrected chi connectivity index (χ2v) is 6.67. The van der Waals surface area contributed by atoms with Gasteiger partial charge in [0.2, 0.25) is 0 Å². The van der Waals surface area contributed by atoms with E-state index in [1.807, 2.05) is 10.9 Å². The van der Waals surface area contributed by atoms with Gasteiger partial charge in [0.05, 0.1) is 72.7 Å². The largest absolute Gasteiger partial charge is 0.382 e. The first-order valence-electron chi connectivity index (χ1n) is 10.7. The Morgan fingerprint density at radius 1 is 0.636 bits per heavy atom. The van der Waals surface area contributed by atoms with Crippen LogP contribution in [0.5, 0.6) is 0 Å². The smallest absolute Gasteiger partial charge is 0.265 e. The van der Waals surface area contributed by atoms with E-state index < -0.39 is 11.8 Å². The molecule has 0 heterocycles. The Labute approximate surface area is 194 Å². The fourth-order valence-electron chi connectivity index (χ4n) is 2.58. The first-order valence-corrected chi connectivity index (χ1v) is 10.7. The van der Waals surface area contributed by atoms with Crippen LogP contribution in [0.1, 0.15) is 26.3 Å². The van der Waals surface area contributed by atoms with Gasteiger partial charge in [-0.1, -0.05) is 0 Å². The summed E-state index contributed by atoms with van der Waals surface area (Å²) in [5.74, 6) is 9.34. The van der Waals surface area contributed by atoms with Gasteiger partial charge in [-0.25, -0.2) is 11.7 Å². The number of hydrogen-bond donors (Lipinski definition) is 4. The van der Waals surface area contributed by atoms with Crippen LogP contribution in [0.25, 0.3) is 0 Å². The molecule has 0 saturated heterocycles. The number of methoxy groups -OCH3 is 1. The zero-order valence-electron chi connectivity index (χ0n) is 19.1. The minimum atomic E-state index is -0.502. The van der Waals surface area contributed by atoms with Crippen LogP contribution >= 0.6 is 0 Å². The van der Waals surface area contributed by atoms with Gasteiger partial charge in [0.25, 0.3) is 11.8 Å². The number of hydrogen-bond acceptors (Lipinski definition) is 10. The molecule has 1 rings (SSSR count). The number of nitrogen functional groups attached to an aromatic ring is 2. The Morgan fingerprint density at radius 3 is 1.36 bits per heavy atom. The van der Waals surface area contributed by atoms with Gasteiger partial charge in [0.1, 0.15) is 0 Å². The van der Waals surface area contributed by atoms with E-state index >= 15 is 0 Å². The third kappa shape index (κ3) is 13.9. The minimum absolute atomic E-state index is 0.262. The van der Waals surface area contributed by atoms with Gasteiger partial charge < -0.3 is 28.4 Å². The fourth-order valence-corrected chi connectivity index (χ4v) is 2.58. The highest BCUT2D eigenvalue weighted by Gasteiger charge is 2.12. The summed E-state index contributed by atoms with van der Waals surface area (Å²) in [6.07, 6.45) is 0.497. The van der Waals surface area contributed by atoms with E-state index in [0.717, 1.165) is 5.56 Å². The number of nitrogens with two attached hydrogens (primary N) is 2. The lowest BCUT2D eigenvalue weighted by Gasteiger charge is -2.10. The lowest BCUT2D eigenvalue weighted by molar-refractivity contribution is -0.0145. The SMILES string of the molecule is COCCOCCOCCOCCOCCOCCc1cc(C(=O)NN)cc(C(=O)NN)c1. The zero-order chi connectivity index (χ0) is 24.2. The molecule has 188 valence electrons. The fraction of sp³-hybridized carbons (Fsp3) is 0.619. The summed E-state index contributed by atoms with van der Waals surface area (Å²) < 4.78 is 31.9. The van der Waals surface area contributed by atoms with Crippen LogP contribution in [0.2, 0.25) is 0 Å². The number of amides is 2. The molecule has 0 saturated carbocycles. The Kier molecular flexibility index (Phi) is 16.9. The van der Waals surface area contributed by atoms with E-state index in [-0.39, 0.29) is 11.1 Å². The molecule has 0 aromatic heterocycles. The summed E-state index contributed by atoms with van der Waals surface area (Å²) in [4.78, 5) is 23.6. The van der Waals surface area contributed by atoms with Crippen LogP contribution in [-0.2, 0) is 34.8 Å². The van der Waals surface area contributed by atoms with Crippen LogP contribution in [0.15, 0.2) is 18.2 Å². The minimum Gasteiger partial charge on any atom is -0.382 e. The average Bonchev–Trinajstić information content (AvgIpc) is 2.84. The Bertz CT molecular complexity index is 643. The predicted octanol–water partition coefficient (Wildman–Crippen LogP) is -0.834. The summed E-state index contributed by atoms with van der Waals surface area (Å²) in [7, 11) is 1.63. The van der Waals surface area contributed by atoms with Crippen molar-refractivity contribution in [3.63, 3.8) is 0 Å². The lowest BCUT2D eigenvalue weighted by atomic mass is 10.0. The van der Waals surface area contributed by atoms with Crippen molar-refractivity contribution in [1.82, 2.24) is 10.9 Å². The highest BCUT2D eigenvalue weighted by atomic mass is 16.6. The number of benzene rings is 1. The molecule has 33 heavy (non-hydrogen) atoms. The molecule has 0 bridgehead atoms. The molecule has 0 spiro atoms. The first-order chi connectivity index (χ1) is 16.1. The summed E-state index contributed by atoms with van der Waals surface area (Å²) in [6, 6.07) is 4.70. The van der Waals surface area contributed by atoms with Gasteiger partial charge in [-0.2, -0.15) is 0 Å². The Balaban J connectivity index is 2.06. The molecule has 1 aromatic carbocycles. The van der Waals surface area contributed by atoms with E-state index in [1.165, 1.54) is 6.07 Å². The van der Waals surface area contributed by atoms with Gasteiger partial charge in [-0.05, 0) is 30.2 Å². The van der Waals surface area contributed by atoms with E-state index in [0.29, 0.717) is 79.1 Å². The third-order valence-electron chi connectivity index (χ3n) is 4.23. The molecule has 12 heteroatoms. The molecule has 1 aromatic rings. The molecule has 0 radical (unpaired) electrons. The van der Waals surface area contributed by atoms with Crippen LogP contribution in [0.3, 0.4) is 0 Å². The van der Waals surface area contributed by atoms with Crippen LogP contribution < -0.4 is 22.5 Å². The second kappa shape index (κ2) is 19.3. The number of carbonyl (C=O) groups is 2. The van der Waals surface area contributed by atoms with Gasteiger partial charge in [0, 0.05) is 18.2 Å². The highest BCUT2D eigenvalue weighted by molar-refractivity contribution is 5.99. The van der Waals surface area contributed by atoms with Crippen LogP contribution in [0.4, 0.5) is 0 Å². The first kappa shape index (κ1) is 28.9. The van der Waals surface area contributed by atoms with Crippen molar-refractivity contribution in [2.24, 2.45) is 11.7 Å². The van der Waals surface area contributed by atoms with E-state index in [4.69, 9.17) is 40.1 Å². The molecule has 0 aliphatic carbocycles. The third-order valence-corrected chi connectivity index (χ3v) is 4.23. The molecule has 6 N–H and O–H groups in total. The van der Waals surface area contributed by atoms with Gasteiger partial charge >= 0.3 is 0 Å². The Hall–Kier alpha value is -2.16. The number of nitrogens with one attached hydrogen (secondary N) is 2.